The standard InChI is InChI=1S/C6H10N2O2/c1-2-8-5(6(9)10)3-4-7-8/h3,7H,2,4H2,1H3,(H,9,10). The third-order valence-electron chi connectivity index (χ3n) is 1.40. The van der Waals surface area contributed by atoms with Crippen LogP contribution in [0.25, 0.3) is 0 Å². The van der Waals surface area contributed by atoms with Gasteiger partial charge in [-0.2, -0.15) is 0 Å². The first-order valence-corrected chi connectivity index (χ1v) is 3.20. The van der Waals surface area contributed by atoms with Crippen LogP contribution in [-0.4, -0.2) is 29.2 Å². The van der Waals surface area contributed by atoms with Crippen LogP contribution in [0.1, 0.15) is 6.92 Å². The molecule has 0 saturated carbocycles. The number of hydrazine groups is 1. The Balaban J connectivity index is 2.65. The van der Waals surface area contributed by atoms with Crippen molar-refractivity contribution in [2.45, 2.75) is 6.92 Å². The molecule has 0 spiro atoms. The average molecular weight is 142 g/mol. The fraction of sp³-hybridized carbons (Fsp3) is 0.500. The number of likely N-dealkylation sites (N-methyl/N-ethyl adjacent to an activating group) is 1. The van der Waals surface area contributed by atoms with Gasteiger partial charge >= 0.3 is 5.97 Å². The highest BCUT2D eigenvalue weighted by Crippen LogP contribution is 2.05. The number of hydrogen-bond donors (Lipinski definition) is 2. The minimum atomic E-state index is -0.869. The Bertz CT molecular complexity index is 177. The lowest BCUT2D eigenvalue weighted by Gasteiger charge is -2.16. The van der Waals surface area contributed by atoms with E-state index in [0.717, 1.165) is 0 Å². The van der Waals surface area contributed by atoms with Gasteiger partial charge in [0, 0.05) is 13.1 Å². The van der Waals surface area contributed by atoms with Crippen molar-refractivity contribution < 1.29 is 9.90 Å². The Labute approximate surface area is 59.1 Å². The summed E-state index contributed by atoms with van der Waals surface area (Å²) in [6, 6.07) is 0. The van der Waals surface area contributed by atoms with Crippen molar-refractivity contribution in [1.82, 2.24) is 10.4 Å². The Morgan fingerprint density at radius 3 is 3.10 bits per heavy atom. The molecule has 0 radical (unpaired) electrons. The van der Waals surface area contributed by atoms with E-state index in [2.05, 4.69) is 5.43 Å². The minimum Gasteiger partial charge on any atom is -0.477 e. The number of nitrogens with zero attached hydrogens (tertiary/aromatic N) is 1. The van der Waals surface area contributed by atoms with Crippen LogP contribution in [0.4, 0.5) is 0 Å². The van der Waals surface area contributed by atoms with Crippen LogP contribution in [0, 0.1) is 0 Å². The van der Waals surface area contributed by atoms with Gasteiger partial charge in [-0.05, 0) is 13.0 Å². The summed E-state index contributed by atoms with van der Waals surface area (Å²) >= 11 is 0. The molecule has 0 amide bonds. The van der Waals surface area contributed by atoms with E-state index in [0.29, 0.717) is 18.8 Å². The number of nitrogens with one attached hydrogen (secondary N) is 1. The summed E-state index contributed by atoms with van der Waals surface area (Å²) in [5, 5.41) is 10.2. The predicted octanol–water partition coefficient (Wildman–Crippen LogP) is -0.205. The molecule has 1 aliphatic heterocycles. The molecule has 1 aliphatic rings. The topological polar surface area (TPSA) is 52.6 Å². The van der Waals surface area contributed by atoms with Gasteiger partial charge in [0.15, 0.2) is 0 Å². The molecular weight excluding hydrogens is 132 g/mol. The molecule has 0 aromatic rings. The van der Waals surface area contributed by atoms with Crippen LogP contribution in [0.3, 0.4) is 0 Å². The Morgan fingerprint density at radius 2 is 2.70 bits per heavy atom. The highest BCUT2D eigenvalue weighted by atomic mass is 16.4. The molecule has 2 N–H and O–H groups in total. The van der Waals surface area contributed by atoms with E-state index in [4.69, 9.17) is 5.11 Å². The van der Waals surface area contributed by atoms with Crippen molar-refractivity contribution in [3.8, 4) is 0 Å². The van der Waals surface area contributed by atoms with Gasteiger partial charge in [0.2, 0.25) is 0 Å². The first-order chi connectivity index (χ1) is 4.75. The normalized spacial score (nSPS) is 17.3. The van der Waals surface area contributed by atoms with E-state index in [1.165, 1.54) is 0 Å². The minimum absolute atomic E-state index is 0.350. The first-order valence-electron chi connectivity index (χ1n) is 3.20. The van der Waals surface area contributed by atoms with Crippen molar-refractivity contribution >= 4 is 5.97 Å². The molecule has 10 heavy (non-hydrogen) atoms. The van der Waals surface area contributed by atoms with Gasteiger partial charge in [-0.15, -0.1) is 0 Å². The molecule has 56 valence electrons. The Kier molecular flexibility index (Phi) is 1.91. The van der Waals surface area contributed by atoms with Crippen LogP contribution >= 0.6 is 0 Å². The number of carboxylic acids is 1. The van der Waals surface area contributed by atoms with Gasteiger partial charge in [0.1, 0.15) is 5.70 Å². The fourth-order valence-corrected chi connectivity index (χ4v) is 0.933. The third kappa shape index (κ3) is 1.11. The summed E-state index contributed by atoms with van der Waals surface area (Å²) in [6.07, 6.45) is 1.66. The molecule has 0 aromatic heterocycles. The van der Waals surface area contributed by atoms with Gasteiger partial charge in [0.05, 0.1) is 0 Å². The summed E-state index contributed by atoms with van der Waals surface area (Å²) < 4.78 is 0. The maximum Gasteiger partial charge on any atom is 0.353 e. The van der Waals surface area contributed by atoms with E-state index >= 15 is 0 Å². The zero-order valence-corrected chi connectivity index (χ0v) is 5.79. The molecule has 0 saturated heterocycles. The monoisotopic (exact) mass is 142 g/mol. The molecule has 0 aliphatic carbocycles. The highest BCUT2D eigenvalue weighted by Gasteiger charge is 2.18. The molecule has 0 unspecified atom stereocenters. The Morgan fingerprint density at radius 1 is 2.00 bits per heavy atom. The van der Waals surface area contributed by atoms with Gasteiger partial charge in [-0.1, -0.05) is 0 Å². The lowest BCUT2D eigenvalue weighted by atomic mass is 10.4. The summed E-state index contributed by atoms with van der Waals surface area (Å²) in [4.78, 5) is 10.4. The first kappa shape index (κ1) is 7.08. The van der Waals surface area contributed by atoms with E-state index in [9.17, 15) is 4.79 Å². The van der Waals surface area contributed by atoms with Crippen LogP contribution in [0.2, 0.25) is 0 Å². The molecule has 0 fully saturated rings. The van der Waals surface area contributed by atoms with Crippen LogP contribution in [0.15, 0.2) is 11.8 Å². The highest BCUT2D eigenvalue weighted by molar-refractivity contribution is 5.86. The maximum atomic E-state index is 10.4. The van der Waals surface area contributed by atoms with Gasteiger partial charge in [-0.3, -0.25) is 0 Å². The number of carboxylic acid groups (broad SMARTS) is 1. The smallest absolute Gasteiger partial charge is 0.353 e. The molecular formula is C6H10N2O2. The lowest BCUT2D eigenvalue weighted by Crippen LogP contribution is -2.33. The van der Waals surface area contributed by atoms with E-state index in [-0.39, 0.29) is 0 Å². The predicted molar refractivity (Wildman–Crippen MR) is 36.1 cm³/mol. The summed E-state index contributed by atoms with van der Waals surface area (Å²) in [7, 11) is 0. The molecule has 1 rings (SSSR count). The molecule has 4 heteroatoms. The lowest BCUT2D eigenvalue weighted by molar-refractivity contribution is -0.134. The third-order valence-corrected chi connectivity index (χ3v) is 1.40. The Hall–Kier alpha value is -1.03. The van der Waals surface area contributed by atoms with Gasteiger partial charge < -0.3 is 10.1 Å². The molecule has 0 bridgehead atoms. The molecule has 4 nitrogen and oxygen atoms in total. The summed E-state index contributed by atoms with van der Waals surface area (Å²) in [5.74, 6) is -0.869. The fourth-order valence-electron chi connectivity index (χ4n) is 0.933. The van der Waals surface area contributed by atoms with Crippen molar-refractivity contribution in [1.29, 1.82) is 0 Å². The summed E-state index contributed by atoms with van der Waals surface area (Å²) in [6.45, 7) is 3.20. The van der Waals surface area contributed by atoms with Crippen LogP contribution < -0.4 is 5.43 Å². The van der Waals surface area contributed by atoms with Crippen molar-refractivity contribution in [3.63, 3.8) is 0 Å². The maximum absolute atomic E-state index is 10.4. The van der Waals surface area contributed by atoms with Crippen LogP contribution in [0.5, 0.6) is 0 Å². The van der Waals surface area contributed by atoms with Gasteiger partial charge in [0.25, 0.3) is 0 Å². The number of hydrogen-bond acceptors (Lipinski definition) is 3. The molecule has 1 heterocycles. The second-order valence-electron chi connectivity index (χ2n) is 2.00. The van der Waals surface area contributed by atoms with E-state index in [1.807, 2.05) is 6.92 Å². The number of rotatable bonds is 2. The SMILES string of the molecule is CCN1NCC=C1C(=O)O. The molecule has 0 aromatic carbocycles. The average Bonchev–Trinajstić information content (AvgIpc) is 2.33. The zero-order chi connectivity index (χ0) is 7.56. The van der Waals surface area contributed by atoms with E-state index in [1.54, 1.807) is 11.1 Å². The largest absolute Gasteiger partial charge is 0.477 e. The number of carbonyl (C=O) groups is 1. The van der Waals surface area contributed by atoms with Crippen molar-refractivity contribution in [2.75, 3.05) is 13.1 Å². The van der Waals surface area contributed by atoms with Crippen molar-refractivity contribution in [2.24, 2.45) is 0 Å². The van der Waals surface area contributed by atoms with Crippen molar-refractivity contribution in [3.05, 3.63) is 11.8 Å². The second-order valence-corrected chi connectivity index (χ2v) is 2.00. The second kappa shape index (κ2) is 2.70. The van der Waals surface area contributed by atoms with Crippen LogP contribution in [-0.2, 0) is 4.79 Å². The zero-order valence-electron chi connectivity index (χ0n) is 5.79. The van der Waals surface area contributed by atoms with E-state index < -0.39 is 5.97 Å². The summed E-state index contributed by atoms with van der Waals surface area (Å²) in [5.41, 5.74) is 3.25. The van der Waals surface area contributed by atoms with Gasteiger partial charge in [-0.25, -0.2) is 10.2 Å². The number of aliphatic carboxylic acids is 1. The molecule has 0 atom stereocenters. The quantitative estimate of drug-likeness (QED) is 0.560.